The molecule has 0 saturated heterocycles. The second-order valence-corrected chi connectivity index (χ2v) is 7.47. The van der Waals surface area contributed by atoms with Gasteiger partial charge in [0.15, 0.2) is 5.78 Å². The lowest BCUT2D eigenvalue weighted by Gasteiger charge is -2.30. The molecule has 2 nitrogen and oxygen atoms in total. The zero-order valence-corrected chi connectivity index (χ0v) is 13.1. The average molecular weight is 300 g/mol. The second-order valence-electron chi connectivity index (χ2n) is 7.03. The monoisotopic (exact) mass is 299 g/mol. The van der Waals surface area contributed by atoms with Crippen molar-refractivity contribution >= 4 is 17.4 Å². The van der Waals surface area contributed by atoms with Gasteiger partial charge in [-0.1, -0.05) is 31.5 Å². The largest absolute Gasteiger partial charge is 0.344 e. The zero-order chi connectivity index (χ0) is 14.8. The summed E-state index contributed by atoms with van der Waals surface area (Å²) in [5, 5.41) is 0.788. The van der Waals surface area contributed by atoms with Gasteiger partial charge in [-0.2, -0.15) is 0 Å². The van der Waals surface area contributed by atoms with Crippen LogP contribution in [0, 0.1) is 5.41 Å². The van der Waals surface area contributed by atoms with Gasteiger partial charge >= 0.3 is 0 Å². The third-order valence-corrected chi connectivity index (χ3v) is 4.98. The number of rotatable bonds is 0. The molecule has 0 amide bonds. The Bertz CT molecular complexity index is 770. The van der Waals surface area contributed by atoms with Gasteiger partial charge in [-0.25, -0.2) is 0 Å². The van der Waals surface area contributed by atoms with Crippen molar-refractivity contribution < 1.29 is 4.79 Å². The van der Waals surface area contributed by atoms with Crippen LogP contribution in [0.5, 0.6) is 0 Å². The number of carbonyl (C=O) groups is 1. The Balaban J connectivity index is 1.92. The van der Waals surface area contributed by atoms with Crippen LogP contribution in [-0.4, -0.2) is 10.4 Å². The molecule has 0 unspecified atom stereocenters. The molecule has 1 aliphatic carbocycles. The molecule has 2 aliphatic rings. The molecule has 0 fully saturated rings. The highest BCUT2D eigenvalue weighted by atomic mass is 35.5. The molecule has 1 aliphatic heterocycles. The lowest BCUT2D eigenvalue weighted by Crippen LogP contribution is -2.28. The molecule has 3 heteroatoms. The minimum atomic E-state index is 0.0689. The number of ketones is 1. The number of carbonyl (C=O) groups excluding carboxylic acids is 1. The molecule has 0 atom stereocenters. The summed E-state index contributed by atoms with van der Waals surface area (Å²) in [6.45, 7) is 5.32. The minimum Gasteiger partial charge on any atom is -0.344 e. The standard InChI is InChI=1S/C18H18ClNO/c1-18(2)9-16-14(17(21)10-18)8-15-13-4-3-12(19)7-11(13)5-6-20(15)16/h3-4,7-8H,5-6,9-10H2,1-2H3. The van der Waals surface area contributed by atoms with Crippen LogP contribution in [0.25, 0.3) is 11.3 Å². The normalized spacial score (nSPS) is 18.9. The highest BCUT2D eigenvalue weighted by Gasteiger charge is 2.35. The number of halogens is 1. The molecule has 1 aromatic carbocycles. The Hall–Kier alpha value is -1.54. The highest BCUT2D eigenvalue weighted by Crippen LogP contribution is 2.41. The molecule has 0 spiro atoms. The molecule has 0 radical (unpaired) electrons. The fourth-order valence-electron chi connectivity index (χ4n) is 3.80. The molecule has 2 heterocycles. The van der Waals surface area contributed by atoms with Crippen molar-refractivity contribution in [2.45, 2.75) is 39.7 Å². The van der Waals surface area contributed by atoms with Crippen molar-refractivity contribution in [3.05, 3.63) is 46.1 Å². The Morgan fingerprint density at radius 3 is 2.76 bits per heavy atom. The molecule has 0 saturated carbocycles. The lowest BCUT2D eigenvalue weighted by molar-refractivity contribution is 0.0910. The molecule has 0 N–H and O–H groups in total. The number of hydrogen-bond donors (Lipinski definition) is 0. The molecule has 0 bridgehead atoms. The van der Waals surface area contributed by atoms with Gasteiger partial charge in [-0.05, 0) is 42.0 Å². The number of benzene rings is 1. The van der Waals surface area contributed by atoms with Crippen LogP contribution < -0.4 is 0 Å². The summed E-state index contributed by atoms with van der Waals surface area (Å²) < 4.78 is 2.35. The third kappa shape index (κ3) is 1.96. The Labute approximate surface area is 129 Å². The van der Waals surface area contributed by atoms with E-state index in [1.807, 2.05) is 6.07 Å². The van der Waals surface area contributed by atoms with Gasteiger partial charge in [0.2, 0.25) is 0 Å². The summed E-state index contributed by atoms with van der Waals surface area (Å²) in [5.41, 5.74) is 5.93. The van der Waals surface area contributed by atoms with Gasteiger partial charge in [0.1, 0.15) is 0 Å². The number of aromatic nitrogens is 1. The van der Waals surface area contributed by atoms with Crippen LogP contribution in [-0.2, 0) is 19.4 Å². The maximum absolute atomic E-state index is 12.5. The predicted octanol–water partition coefficient (Wildman–Crippen LogP) is 4.52. The van der Waals surface area contributed by atoms with E-state index < -0.39 is 0 Å². The molecule has 21 heavy (non-hydrogen) atoms. The number of fused-ring (bicyclic) bond motifs is 5. The van der Waals surface area contributed by atoms with Crippen LogP contribution in [0.3, 0.4) is 0 Å². The quantitative estimate of drug-likeness (QED) is 0.701. The first kappa shape index (κ1) is 13.1. The summed E-state index contributed by atoms with van der Waals surface area (Å²) in [6.07, 6.45) is 2.62. The summed E-state index contributed by atoms with van der Waals surface area (Å²) in [4.78, 5) is 12.5. The lowest BCUT2D eigenvalue weighted by atomic mass is 9.76. The topological polar surface area (TPSA) is 22.0 Å². The van der Waals surface area contributed by atoms with Gasteiger partial charge in [0, 0.05) is 40.5 Å². The van der Waals surface area contributed by atoms with Crippen LogP contribution in [0.1, 0.15) is 41.9 Å². The smallest absolute Gasteiger partial charge is 0.165 e. The third-order valence-electron chi connectivity index (χ3n) is 4.74. The van der Waals surface area contributed by atoms with E-state index in [9.17, 15) is 4.79 Å². The predicted molar refractivity (Wildman–Crippen MR) is 85.0 cm³/mol. The first-order valence-electron chi connectivity index (χ1n) is 7.49. The van der Waals surface area contributed by atoms with Crippen molar-refractivity contribution in [2.75, 3.05) is 0 Å². The first-order valence-corrected chi connectivity index (χ1v) is 7.87. The van der Waals surface area contributed by atoms with Gasteiger partial charge in [0.05, 0.1) is 0 Å². The summed E-state index contributed by atoms with van der Waals surface area (Å²) in [5.74, 6) is 0.290. The van der Waals surface area contributed by atoms with Crippen LogP contribution in [0.4, 0.5) is 0 Å². The number of Topliss-reactive ketones (excluding diaryl/α,β-unsaturated/α-hetero) is 1. The van der Waals surface area contributed by atoms with E-state index in [0.29, 0.717) is 12.2 Å². The molecular formula is C18H18ClNO. The molecule has 108 valence electrons. The molecular weight excluding hydrogens is 282 g/mol. The van der Waals surface area contributed by atoms with E-state index >= 15 is 0 Å². The van der Waals surface area contributed by atoms with Gasteiger partial charge in [-0.15, -0.1) is 0 Å². The van der Waals surface area contributed by atoms with Crippen molar-refractivity contribution in [1.29, 1.82) is 0 Å². The number of nitrogens with zero attached hydrogens (tertiary/aromatic N) is 1. The van der Waals surface area contributed by atoms with Gasteiger partial charge in [0.25, 0.3) is 0 Å². The molecule has 4 rings (SSSR count). The Morgan fingerprint density at radius 1 is 1.14 bits per heavy atom. The summed E-state index contributed by atoms with van der Waals surface area (Å²) in [7, 11) is 0. The summed E-state index contributed by atoms with van der Waals surface area (Å²) in [6, 6.07) is 8.18. The van der Waals surface area contributed by atoms with Crippen LogP contribution in [0.15, 0.2) is 24.3 Å². The van der Waals surface area contributed by atoms with Crippen molar-refractivity contribution in [3.63, 3.8) is 0 Å². The van der Waals surface area contributed by atoms with Crippen LogP contribution >= 0.6 is 11.6 Å². The average Bonchev–Trinajstić information content (AvgIpc) is 2.76. The Kier molecular flexibility index (Phi) is 2.65. The molecule has 1 aromatic heterocycles. The fraction of sp³-hybridized carbons (Fsp3) is 0.389. The Morgan fingerprint density at radius 2 is 1.95 bits per heavy atom. The SMILES string of the molecule is CC1(C)CC(=O)c2cc3n(c2C1)CCc1cc(Cl)ccc1-3. The second kappa shape index (κ2) is 4.23. The number of hydrogen-bond acceptors (Lipinski definition) is 1. The van der Waals surface area contributed by atoms with Crippen molar-refractivity contribution in [2.24, 2.45) is 5.41 Å². The summed E-state index contributed by atoms with van der Waals surface area (Å²) >= 11 is 6.10. The van der Waals surface area contributed by atoms with E-state index in [2.05, 4.69) is 36.6 Å². The zero-order valence-electron chi connectivity index (χ0n) is 12.4. The maximum atomic E-state index is 12.5. The minimum absolute atomic E-state index is 0.0689. The van der Waals surface area contributed by atoms with E-state index in [1.165, 1.54) is 22.5 Å². The van der Waals surface area contributed by atoms with E-state index in [-0.39, 0.29) is 5.41 Å². The highest BCUT2D eigenvalue weighted by molar-refractivity contribution is 6.30. The van der Waals surface area contributed by atoms with Crippen molar-refractivity contribution in [3.8, 4) is 11.3 Å². The molecule has 2 aromatic rings. The number of aryl methyl sites for hydroxylation is 1. The fourth-order valence-corrected chi connectivity index (χ4v) is 3.99. The van der Waals surface area contributed by atoms with E-state index in [4.69, 9.17) is 11.6 Å². The maximum Gasteiger partial charge on any atom is 0.165 e. The van der Waals surface area contributed by atoms with Crippen molar-refractivity contribution in [1.82, 2.24) is 4.57 Å². The van der Waals surface area contributed by atoms with Gasteiger partial charge in [-0.3, -0.25) is 4.79 Å². The van der Waals surface area contributed by atoms with Crippen LogP contribution in [0.2, 0.25) is 5.02 Å². The van der Waals surface area contributed by atoms with E-state index in [1.54, 1.807) is 0 Å². The first-order chi connectivity index (χ1) is 9.94. The van der Waals surface area contributed by atoms with Gasteiger partial charge < -0.3 is 4.57 Å². The van der Waals surface area contributed by atoms with E-state index in [0.717, 1.165) is 30.0 Å².